The molecule has 5 nitrogen and oxygen atoms in total. The zero-order chi connectivity index (χ0) is 16.3. The molecule has 1 aromatic rings. The van der Waals surface area contributed by atoms with Crippen molar-refractivity contribution in [1.82, 2.24) is 10.9 Å². The number of carbonyl (C=O) groups excluding carboxylic acids is 1. The fourth-order valence-electron chi connectivity index (χ4n) is 1.42. The number of alkyl halides is 3. The maximum Gasteiger partial charge on any atom is 0.422 e. The van der Waals surface area contributed by atoms with Gasteiger partial charge in [-0.1, -0.05) is 0 Å². The first-order valence-electron chi connectivity index (χ1n) is 6.10. The minimum absolute atomic E-state index is 0.000818. The van der Waals surface area contributed by atoms with Gasteiger partial charge in [-0.05, 0) is 39.0 Å². The van der Waals surface area contributed by atoms with Crippen molar-refractivity contribution in [2.45, 2.75) is 39.1 Å². The Kier molecular flexibility index (Phi) is 5.06. The number of aromatic hydroxyl groups is 1. The minimum atomic E-state index is -4.50. The largest absolute Gasteiger partial charge is 0.508 e. The van der Waals surface area contributed by atoms with Crippen LogP contribution in [0.4, 0.5) is 18.0 Å². The molecule has 0 radical (unpaired) electrons. The van der Waals surface area contributed by atoms with Crippen LogP contribution in [0.5, 0.6) is 5.75 Å². The molecule has 0 unspecified atom stereocenters. The van der Waals surface area contributed by atoms with Gasteiger partial charge >= 0.3 is 12.3 Å². The molecule has 0 atom stereocenters. The van der Waals surface area contributed by atoms with Crippen LogP contribution in [0.15, 0.2) is 18.2 Å². The predicted molar refractivity (Wildman–Crippen MR) is 69.3 cm³/mol. The molecule has 3 N–H and O–H groups in total. The number of ether oxygens (including phenoxy) is 1. The number of halogens is 3. The molecular formula is C13H17F3N2O3. The molecule has 118 valence electrons. The van der Waals surface area contributed by atoms with Gasteiger partial charge in [0.1, 0.15) is 11.4 Å². The molecule has 1 amide bonds. The van der Waals surface area contributed by atoms with Gasteiger partial charge < -0.3 is 9.84 Å². The highest BCUT2D eigenvalue weighted by Gasteiger charge is 2.31. The van der Waals surface area contributed by atoms with Gasteiger partial charge in [0, 0.05) is 12.1 Å². The molecule has 0 bridgehead atoms. The number of hydrogen-bond acceptors (Lipinski definition) is 4. The van der Waals surface area contributed by atoms with Gasteiger partial charge in [-0.25, -0.2) is 10.2 Å². The summed E-state index contributed by atoms with van der Waals surface area (Å²) in [6.45, 7) is 4.83. The van der Waals surface area contributed by atoms with Crippen molar-refractivity contribution < 1.29 is 27.8 Å². The molecule has 0 aliphatic rings. The summed E-state index contributed by atoms with van der Waals surface area (Å²) in [7, 11) is 0. The van der Waals surface area contributed by atoms with E-state index in [0.717, 1.165) is 18.2 Å². The van der Waals surface area contributed by atoms with Crippen LogP contribution in [0.3, 0.4) is 0 Å². The summed E-state index contributed by atoms with van der Waals surface area (Å²) in [6, 6.07) is 2.53. The highest BCUT2D eigenvalue weighted by Crippen LogP contribution is 2.32. The summed E-state index contributed by atoms with van der Waals surface area (Å²) in [5, 5.41) is 9.50. The lowest BCUT2D eigenvalue weighted by Gasteiger charge is -2.20. The number of carbonyl (C=O) groups is 1. The lowest BCUT2D eigenvalue weighted by Crippen LogP contribution is -2.40. The predicted octanol–water partition coefficient (Wildman–Crippen LogP) is 2.94. The fraction of sp³-hybridized carbons (Fsp3) is 0.462. The average molecular weight is 306 g/mol. The van der Waals surface area contributed by atoms with Gasteiger partial charge in [0.2, 0.25) is 0 Å². The summed E-state index contributed by atoms with van der Waals surface area (Å²) in [5.41, 5.74) is 2.99. The Morgan fingerprint density at radius 2 is 1.90 bits per heavy atom. The summed E-state index contributed by atoms with van der Waals surface area (Å²) < 4.78 is 42.6. The highest BCUT2D eigenvalue weighted by molar-refractivity contribution is 5.67. The Labute approximate surface area is 120 Å². The van der Waals surface area contributed by atoms with Gasteiger partial charge in [0.15, 0.2) is 0 Å². The second-order valence-corrected chi connectivity index (χ2v) is 5.32. The second-order valence-electron chi connectivity index (χ2n) is 5.32. The topological polar surface area (TPSA) is 70.6 Å². The molecule has 0 aliphatic heterocycles. The Hall–Kier alpha value is -1.96. The van der Waals surface area contributed by atoms with E-state index in [2.05, 4.69) is 10.9 Å². The SMILES string of the molecule is CC(C)(C)OC(=O)NNCc1cc(C(F)(F)F)ccc1O. The lowest BCUT2D eigenvalue weighted by atomic mass is 10.1. The van der Waals surface area contributed by atoms with Crippen LogP contribution < -0.4 is 10.9 Å². The first-order chi connectivity index (χ1) is 9.49. The quantitative estimate of drug-likeness (QED) is 0.751. The van der Waals surface area contributed by atoms with Crippen LogP contribution in [0.1, 0.15) is 31.9 Å². The number of hydrogen-bond donors (Lipinski definition) is 3. The van der Waals surface area contributed by atoms with Crippen LogP contribution >= 0.6 is 0 Å². The second kappa shape index (κ2) is 6.21. The van der Waals surface area contributed by atoms with Crippen molar-refractivity contribution in [2.75, 3.05) is 0 Å². The van der Waals surface area contributed by atoms with E-state index in [1.54, 1.807) is 20.8 Å². The van der Waals surface area contributed by atoms with Gasteiger partial charge in [0.25, 0.3) is 0 Å². The van der Waals surface area contributed by atoms with E-state index in [-0.39, 0.29) is 17.9 Å². The number of hydrazine groups is 1. The third-order valence-electron chi connectivity index (χ3n) is 2.27. The summed E-state index contributed by atoms with van der Waals surface area (Å²) in [4.78, 5) is 11.3. The number of phenols is 1. The molecular weight excluding hydrogens is 289 g/mol. The van der Waals surface area contributed by atoms with E-state index in [1.165, 1.54) is 0 Å². The number of rotatable bonds is 3. The van der Waals surface area contributed by atoms with Crippen molar-refractivity contribution in [3.8, 4) is 5.75 Å². The van der Waals surface area contributed by atoms with Gasteiger partial charge in [-0.2, -0.15) is 13.2 Å². The Balaban J connectivity index is 2.62. The smallest absolute Gasteiger partial charge is 0.422 e. The van der Waals surface area contributed by atoms with Crippen LogP contribution in [-0.2, 0) is 17.5 Å². The monoisotopic (exact) mass is 306 g/mol. The van der Waals surface area contributed by atoms with Crippen LogP contribution in [0.25, 0.3) is 0 Å². The fourth-order valence-corrected chi connectivity index (χ4v) is 1.42. The van der Waals surface area contributed by atoms with Crippen molar-refractivity contribution >= 4 is 6.09 Å². The average Bonchev–Trinajstić information content (AvgIpc) is 2.27. The first-order valence-corrected chi connectivity index (χ1v) is 6.10. The zero-order valence-corrected chi connectivity index (χ0v) is 11.8. The molecule has 0 aromatic heterocycles. The number of nitrogens with one attached hydrogen (secondary N) is 2. The van der Waals surface area contributed by atoms with E-state index in [1.807, 2.05) is 0 Å². The van der Waals surface area contributed by atoms with Gasteiger partial charge in [-0.3, -0.25) is 5.43 Å². The van der Waals surface area contributed by atoms with E-state index < -0.39 is 23.4 Å². The summed E-state index contributed by atoms with van der Waals surface area (Å²) in [6.07, 6.45) is -5.27. The summed E-state index contributed by atoms with van der Waals surface area (Å²) in [5.74, 6) is -0.304. The van der Waals surface area contributed by atoms with Crippen LogP contribution in [0.2, 0.25) is 0 Å². The molecule has 0 fully saturated rings. The lowest BCUT2D eigenvalue weighted by molar-refractivity contribution is -0.137. The molecule has 1 aromatic carbocycles. The van der Waals surface area contributed by atoms with E-state index in [4.69, 9.17) is 4.74 Å². The maximum atomic E-state index is 12.5. The van der Waals surface area contributed by atoms with Crippen LogP contribution in [0, 0.1) is 0 Å². The van der Waals surface area contributed by atoms with E-state index >= 15 is 0 Å². The van der Waals surface area contributed by atoms with Crippen molar-refractivity contribution in [2.24, 2.45) is 0 Å². The molecule has 0 heterocycles. The maximum absolute atomic E-state index is 12.5. The van der Waals surface area contributed by atoms with Crippen molar-refractivity contribution in [1.29, 1.82) is 0 Å². The van der Waals surface area contributed by atoms with E-state index in [0.29, 0.717) is 0 Å². The normalized spacial score (nSPS) is 12.1. The van der Waals surface area contributed by atoms with E-state index in [9.17, 15) is 23.1 Å². The van der Waals surface area contributed by atoms with Crippen molar-refractivity contribution in [3.05, 3.63) is 29.3 Å². The first kappa shape index (κ1) is 17.1. The Morgan fingerprint density at radius 3 is 2.43 bits per heavy atom. The standard InChI is InChI=1S/C13H17F3N2O3/c1-12(2,3)21-11(20)18-17-7-8-6-9(13(14,15)16)4-5-10(8)19/h4-6,17,19H,7H2,1-3H3,(H,18,20). The molecule has 0 aliphatic carbocycles. The molecule has 1 rings (SSSR count). The Morgan fingerprint density at radius 1 is 1.29 bits per heavy atom. The van der Waals surface area contributed by atoms with Gasteiger partial charge in [0.05, 0.1) is 5.56 Å². The third kappa shape index (κ3) is 5.90. The number of benzene rings is 1. The minimum Gasteiger partial charge on any atom is -0.508 e. The van der Waals surface area contributed by atoms with Crippen LogP contribution in [-0.4, -0.2) is 16.8 Å². The Bertz CT molecular complexity index is 510. The molecule has 0 saturated heterocycles. The highest BCUT2D eigenvalue weighted by atomic mass is 19.4. The summed E-state index contributed by atoms with van der Waals surface area (Å²) >= 11 is 0. The molecule has 0 saturated carbocycles. The van der Waals surface area contributed by atoms with Gasteiger partial charge in [-0.15, -0.1) is 0 Å². The third-order valence-corrected chi connectivity index (χ3v) is 2.27. The molecule has 21 heavy (non-hydrogen) atoms. The zero-order valence-electron chi connectivity index (χ0n) is 11.8. The molecule has 0 spiro atoms. The number of phenolic OH excluding ortho intramolecular Hbond substituents is 1. The number of amides is 1. The molecule has 8 heteroatoms. The van der Waals surface area contributed by atoms with Crippen molar-refractivity contribution in [3.63, 3.8) is 0 Å².